The molecule has 2 unspecified atom stereocenters. The van der Waals surface area contributed by atoms with Crippen LogP contribution in [0.5, 0.6) is 0 Å². The number of amides is 3. The molecule has 0 radical (unpaired) electrons. The van der Waals surface area contributed by atoms with Crippen molar-refractivity contribution in [2.45, 2.75) is 57.3 Å². The number of anilines is 1. The summed E-state index contributed by atoms with van der Waals surface area (Å²) in [5.41, 5.74) is 1.65. The molecule has 0 aliphatic carbocycles. The molecular weight excluding hydrogens is 414 g/mol. The standard InChI is InChI=1S/C27H29N3O3/c1-5-26(3,4)27-16-22-23(32)28-20(15-18-11-7-6-8-12-18)24(33)30(22)25(27)29(17(2)31)21-14-10-9-13-19(21)27/h5-14,20,22,25H,1,15-16H2,2-4H3,(H,28,32)/t20?,22?,25-,27+/m0/s1. The fraction of sp³-hybridized carbons (Fsp3) is 0.370. The maximum absolute atomic E-state index is 13.9. The zero-order chi connectivity index (χ0) is 23.5. The molecule has 170 valence electrons. The second kappa shape index (κ2) is 7.30. The van der Waals surface area contributed by atoms with Crippen molar-refractivity contribution in [1.82, 2.24) is 10.2 Å². The molecule has 0 aromatic heterocycles. The van der Waals surface area contributed by atoms with Crippen LogP contribution in [0.25, 0.3) is 0 Å². The van der Waals surface area contributed by atoms with Crippen molar-refractivity contribution in [3.63, 3.8) is 0 Å². The van der Waals surface area contributed by atoms with Crippen molar-refractivity contribution >= 4 is 23.4 Å². The number of nitrogens with one attached hydrogen (secondary N) is 1. The first-order valence-electron chi connectivity index (χ1n) is 11.4. The van der Waals surface area contributed by atoms with E-state index in [2.05, 4.69) is 25.7 Å². The van der Waals surface area contributed by atoms with Gasteiger partial charge in [-0.15, -0.1) is 6.58 Å². The Morgan fingerprint density at radius 1 is 1.15 bits per heavy atom. The van der Waals surface area contributed by atoms with Crippen molar-refractivity contribution in [1.29, 1.82) is 0 Å². The summed E-state index contributed by atoms with van der Waals surface area (Å²) >= 11 is 0. The van der Waals surface area contributed by atoms with E-state index in [0.29, 0.717) is 12.8 Å². The molecule has 6 nitrogen and oxygen atoms in total. The molecule has 0 spiro atoms. The van der Waals surface area contributed by atoms with Crippen LogP contribution in [-0.2, 0) is 26.2 Å². The molecule has 3 aliphatic rings. The van der Waals surface area contributed by atoms with Crippen molar-refractivity contribution in [3.8, 4) is 0 Å². The van der Waals surface area contributed by atoms with Crippen LogP contribution in [0, 0.1) is 5.41 Å². The van der Waals surface area contributed by atoms with Gasteiger partial charge in [0.2, 0.25) is 17.7 Å². The van der Waals surface area contributed by atoms with Crippen LogP contribution in [0.3, 0.4) is 0 Å². The predicted octanol–water partition coefficient (Wildman–Crippen LogP) is 3.17. The molecule has 2 aromatic rings. The van der Waals surface area contributed by atoms with Crippen LogP contribution >= 0.6 is 0 Å². The molecule has 2 saturated heterocycles. The fourth-order valence-corrected chi connectivity index (χ4v) is 6.16. The molecule has 3 heterocycles. The molecule has 3 amide bonds. The molecule has 33 heavy (non-hydrogen) atoms. The molecule has 6 heteroatoms. The Morgan fingerprint density at radius 2 is 1.82 bits per heavy atom. The van der Waals surface area contributed by atoms with Crippen LogP contribution in [0.4, 0.5) is 5.69 Å². The van der Waals surface area contributed by atoms with E-state index in [1.165, 1.54) is 6.92 Å². The minimum Gasteiger partial charge on any atom is -0.342 e. The number of piperazine rings is 1. The Labute approximate surface area is 194 Å². The molecule has 1 N–H and O–H groups in total. The minimum atomic E-state index is -0.670. The number of hydrogen-bond donors (Lipinski definition) is 1. The number of nitrogens with zero attached hydrogens (tertiary/aromatic N) is 2. The first-order chi connectivity index (χ1) is 15.7. The Bertz CT molecular complexity index is 1160. The van der Waals surface area contributed by atoms with Gasteiger partial charge in [0, 0.05) is 24.4 Å². The summed E-state index contributed by atoms with van der Waals surface area (Å²) < 4.78 is 0. The van der Waals surface area contributed by atoms with Crippen molar-refractivity contribution in [2.24, 2.45) is 5.41 Å². The number of hydrogen-bond acceptors (Lipinski definition) is 3. The van der Waals surface area contributed by atoms with Gasteiger partial charge in [0.1, 0.15) is 18.2 Å². The van der Waals surface area contributed by atoms with Crippen LogP contribution < -0.4 is 10.2 Å². The molecule has 4 atom stereocenters. The lowest BCUT2D eigenvalue weighted by atomic mass is 9.60. The third-order valence-electron chi connectivity index (χ3n) is 7.90. The van der Waals surface area contributed by atoms with Crippen molar-refractivity contribution in [2.75, 3.05) is 4.90 Å². The van der Waals surface area contributed by atoms with E-state index in [1.54, 1.807) is 9.80 Å². The normalized spacial score (nSPS) is 28.2. The van der Waals surface area contributed by atoms with Gasteiger partial charge in [0.15, 0.2) is 0 Å². The average Bonchev–Trinajstić information content (AvgIpc) is 3.30. The quantitative estimate of drug-likeness (QED) is 0.738. The van der Waals surface area contributed by atoms with Crippen LogP contribution in [-0.4, -0.2) is 40.9 Å². The topological polar surface area (TPSA) is 69.7 Å². The van der Waals surface area contributed by atoms with Crippen LogP contribution in [0.2, 0.25) is 0 Å². The smallest absolute Gasteiger partial charge is 0.247 e. The van der Waals surface area contributed by atoms with E-state index >= 15 is 0 Å². The lowest BCUT2D eigenvalue weighted by molar-refractivity contribution is -0.149. The van der Waals surface area contributed by atoms with Gasteiger partial charge in [-0.25, -0.2) is 0 Å². The van der Waals surface area contributed by atoms with Gasteiger partial charge in [-0.2, -0.15) is 0 Å². The molecule has 2 fully saturated rings. The zero-order valence-corrected chi connectivity index (χ0v) is 19.2. The van der Waals surface area contributed by atoms with Gasteiger partial charge in [0.25, 0.3) is 0 Å². The second-order valence-corrected chi connectivity index (χ2v) is 9.89. The lowest BCUT2D eigenvalue weighted by Gasteiger charge is -2.46. The van der Waals surface area contributed by atoms with Gasteiger partial charge < -0.3 is 10.2 Å². The number of carbonyl (C=O) groups is 3. The van der Waals surface area contributed by atoms with Gasteiger partial charge in [0.05, 0.1) is 0 Å². The maximum atomic E-state index is 13.9. The number of para-hydroxylation sites is 1. The predicted molar refractivity (Wildman–Crippen MR) is 126 cm³/mol. The van der Waals surface area contributed by atoms with Crippen molar-refractivity contribution in [3.05, 3.63) is 78.4 Å². The highest BCUT2D eigenvalue weighted by atomic mass is 16.2. The minimum absolute atomic E-state index is 0.144. The Kier molecular flexibility index (Phi) is 4.74. The SMILES string of the molecule is C=CC(C)(C)[C@@]12CC3C(=O)NC(Cc4ccccc4)C(=O)N3[C@@H]1N(C(C)=O)c1ccccc12. The van der Waals surface area contributed by atoms with Crippen molar-refractivity contribution < 1.29 is 14.4 Å². The molecular formula is C27H29N3O3. The lowest BCUT2D eigenvalue weighted by Crippen LogP contribution is -2.66. The van der Waals surface area contributed by atoms with Crippen LogP contribution in [0.15, 0.2) is 67.3 Å². The number of benzene rings is 2. The van der Waals surface area contributed by atoms with Gasteiger partial charge in [-0.1, -0.05) is 68.5 Å². The maximum Gasteiger partial charge on any atom is 0.247 e. The molecule has 2 aromatic carbocycles. The monoisotopic (exact) mass is 443 g/mol. The van der Waals surface area contributed by atoms with E-state index in [9.17, 15) is 14.4 Å². The molecule has 0 bridgehead atoms. The molecule has 5 rings (SSSR count). The fourth-order valence-electron chi connectivity index (χ4n) is 6.16. The van der Waals surface area contributed by atoms with E-state index < -0.39 is 29.1 Å². The highest BCUT2D eigenvalue weighted by Crippen LogP contribution is 2.62. The third-order valence-corrected chi connectivity index (χ3v) is 7.90. The van der Waals surface area contributed by atoms with E-state index in [1.807, 2.05) is 60.7 Å². The summed E-state index contributed by atoms with van der Waals surface area (Å²) in [5, 5.41) is 2.97. The first kappa shape index (κ1) is 21.4. The number of allylic oxidation sites excluding steroid dienone is 1. The van der Waals surface area contributed by atoms with Gasteiger partial charge in [-0.05, 0) is 29.0 Å². The van der Waals surface area contributed by atoms with E-state index in [4.69, 9.17) is 0 Å². The summed E-state index contributed by atoms with van der Waals surface area (Å²) in [6, 6.07) is 16.2. The largest absolute Gasteiger partial charge is 0.342 e. The van der Waals surface area contributed by atoms with E-state index in [0.717, 1.165) is 16.8 Å². The number of fused-ring (bicyclic) bond motifs is 5. The average molecular weight is 444 g/mol. The highest BCUT2D eigenvalue weighted by Gasteiger charge is 2.69. The van der Waals surface area contributed by atoms with Gasteiger partial charge >= 0.3 is 0 Å². The number of rotatable bonds is 4. The third kappa shape index (κ3) is 2.82. The summed E-state index contributed by atoms with van der Waals surface area (Å²) in [7, 11) is 0. The summed E-state index contributed by atoms with van der Waals surface area (Å²) in [4.78, 5) is 43.7. The Hall–Kier alpha value is -3.41. The first-order valence-corrected chi connectivity index (χ1v) is 11.4. The summed E-state index contributed by atoms with van der Waals surface area (Å²) in [5.74, 6) is -0.451. The number of carbonyl (C=O) groups excluding carboxylic acids is 3. The highest BCUT2D eigenvalue weighted by molar-refractivity contribution is 6.02. The second-order valence-electron chi connectivity index (χ2n) is 9.89. The Morgan fingerprint density at radius 3 is 2.48 bits per heavy atom. The van der Waals surface area contributed by atoms with Crippen LogP contribution in [0.1, 0.15) is 38.3 Å². The Balaban J connectivity index is 1.66. The van der Waals surface area contributed by atoms with Gasteiger partial charge in [-0.3, -0.25) is 19.3 Å². The summed E-state index contributed by atoms with van der Waals surface area (Å²) in [6.07, 6.45) is 2.16. The zero-order valence-electron chi connectivity index (χ0n) is 19.2. The molecule has 0 saturated carbocycles. The van der Waals surface area contributed by atoms with E-state index in [-0.39, 0.29) is 17.7 Å². The molecule has 3 aliphatic heterocycles. The summed E-state index contributed by atoms with van der Waals surface area (Å²) in [6.45, 7) is 9.78.